The summed E-state index contributed by atoms with van der Waals surface area (Å²) >= 11 is 7.05. The number of aromatic carboxylic acids is 1. The van der Waals surface area contributed by atoms with Crippen LogP contribution in [0.5, 0.6) is 0 Å². The van der Waals surface area contributed by atoms with E-state index in [1.54, 1.807) is 0 Å². The Morgan fingerprint density at radius 2 is 1.94 bits per heavy atom. The maximum atomic E-state index is 12.9. The number of hydrogen-bond acceptors (Lipinski definition) is 5. The molecule has 0 aliphatic heterocycles. The summed E-state index contributed by atoms with van der Waals surface area (Å²) in [5.74, 6) is -0.835. The lowest BCUT2D eigenvalue weighted by atomic mass is 9.97. The Morgan fingerprint density at radius 1 is 1.23 bits per heavy atom. The van der Waals surface area contributed by atoms with Crippen molar-refractivity contribution < 1.29 is 18.3 Å². The first-order valence-corrected chi connectivity index (χ1v) is 12.0. The Balaban J connectivity index is 2.05. The van der Waals surface area contributed by atoms with Gasteiger partial charge in [0.05, 0.1) is 22.3 Å². The highest BCUT2D eigenvalue weighted by Crippen LogP contribution is 2.38. The van der Waals surface area contributed by atoms with Crippen molar-refractivity contribution in [1.29, 1.82) is 5.26 Å². The van der Waals surface area contributed by atoms with Crippen LogP contribution in [0.1, 0.15) is 34.6 Å². The molecule has 0 radical (unpaired) electrons. The zero-order valence-corrected chi connectivity index (χ0v) is 19.1. The fourth-order valence-corrected chi connectivity index (χ4v) is 5.81. The van der Waals surface area contributed by atoms with Crippen molar-refractivity contribution in [3.8, 4) is 16.5 Å². The number of nitrogens with zero attached hydrogens (tertiary/aromatic N) is 1. The fourth-order valence-electron chi connectivity index (χ4n) is 3.13. The lowest BCUT2D eigenvalue weighted by Crippen LogP contribution is -2.15. The summed E-state index contributed by atoms with van der Waals surface area (Å²) in [4.78, 5) is 12.1. The largest absolute Gasteiger partial charge is 0.477 e. The third-order valence-corrected chi connectivity index (χ3v) is 7.44. The van der Waals surface area contributed by atoms with Crippen LogP contribution in [0.3, 0.4) is 0 Å². The number of carboxylic acids is 1. The molecule has 2 aromatic carbocycles. The van der Waals surface area contributed by atoms with Crippen LogP contribution in [0.15, 0.2) is 53.4 Å². The third kappa shape index (κ3) is 5.07. The zero-order chi connectivity index (χ0) is 22.8. The van der Waals surface area contributed by atoms with Gasteiger partial charge in [0.2, 0.25) is 0 Å². The van der Waals surface area contributed by atoms with Crippen LogP contribution in [0, 0.1) is 17.2 Å². The molecule has 0 spiro atoms. The van der Waals surface area contributed by atoms with Gasteiger partial charge in [-0.25, -0.2) is 13.2 Å². The highest BCUT2D eigenvalue weighted by molar-refractivity contribution is 7.92. The number of nitriles is 1. The predicted octanol–water partition coefficient (Wildman–Crippen LogP) is 5.64. The number of carboxylic acid groups (broad SMARTS) is 1. The van der Waals surface area contributed by atoms with Crippen LogP contribution < -0.4 is 4.72 Å². The molecule has 0 atom stereocenters. The molecule has 0 aliphatic carbocycles. The van der Waals surface area contributed by atoms with Crippen LogP contribution >= 0.6 is 22.9 Å². The molecular weight excluding hydrogens is 456 g/mol. The molecule has 3 rings (SSSR count). The number of sulfonamides is 1. The van der Waals surface area contributed by atoms with Crippen molar-refractivity contribution in [3.63, 3.8) is 0 Å². The Hall–Kier alpha value is -2.86. The topological polar surface area (TPSA) is 107 Å². The molecule has 160 valence electrons. The molecule has 31 heavy (non-hydrogen) atoms. The summed E-state index contributed by atoms with van der Waals surface area (Å²) in [6.45, 7) is 4.18. The summed E-state index contributed by atoms with van der Waals surface area (Å²) in [7, 11) is -4.17. The van der Waals surface area contributed by atoms with Gasteiger partial charge < -0.3 is 5.11 Å². The average molecular weight is 475 g/mol. The SMILES string of the molecule is CC(C)Cc1ccccc1-c1cc(NS(=O)(=O)c2ccc(C#N)cc2Cl)c(C(=O)O)s1. The van der Waals surface area contributed by atoms with Gasteiger partial charge in [-0.2, -0.15) is 5.26 Å². The second-order valence-electron chi connectivity index (χ2n) is 7.28. The smallest absolute Gasteiger partial charge is 0.348 e. The highest BCUT2D eigenvalue weighted by atomic mass is 35.5. The van der Waals surface area contributed by atoms with E-state index in [4.69, 9.17) is 16.9 Å². The van der Waals surface area contributed by atoms with Crippen molar-refractivity contribution in [2.45, 2.75) is 25.2 Å². The van der Waals surface area contributed by atoms with Crippen LogP contribution in [-0.4, -0.2) is 19.5 Å². The molecule has 1 aromatic heterocycles. The quantitative estimate of drug-likeness (QED) is 0.460. The van der Waals surface area contributed by atoms with E-state index < -0.39 is 16.0 Å². The van der Waals surface area contributed by atoms with Gasteiger partial charge in [0, 0.05) is 4.88 Å². The van der Waals surface area contributed by atoms with Crippen LogP contribution in [0.4, 0.5) is 5.69 Å². The minimum Gasteiger partial charge on any atom is -0.477 e. The number of rotatable bonds is 7. The first-order valence-electron chi connectivity index (χ1n) is 9.30. The van der Waals surface area contributed by atoms with Gasteiger partial charge in [0.25, 0.3) is 10.0 Å². The van der Waals surface area contributed by atoms with Gasteiger partial charge in [0.1, 0.15) is 9.77 Å². The summed E-state index contributed by atoms with van der Waals surface area (Å²) in [6.07, 6.45) is 0.804. The fraction of sp³-hybridized carbons (Fsp3) is 0.182. The van der Waals surface area contributed by atoms with Gasteiger partial charge in [-0.05, 0) is 47.7 Å². The van der Waals surface area contributed by atoms with Gasteiger partial charge in [-0.1, -0.05) is 49.7 Å². The highest BCUT2D eigenvalue weighted by Gasteiger charge is 2.24. The number of anilines is 1. The summed E-state index contributed by atoms with van der Waals surface area (Å²) in [5.41, 5.74) is 2.10. The lowest BCUT2D eigenvalue weighted by Gasteiger charge is -2.10. The average Bonchev–Trinajstić information content (AvgIpc) is 3.10. The number of carbonyl (C=O) groups is 1. The zero-order valence-electron chi connectivity index (χ0n) is 16.7. The molecule has 0 unspecified atom stereocenters. The van der Waals surface area contributed by atoms with E-state index in [9.17, 15) is 18.3 Å². The summed E-state index contributed by atoms with van der Waals surface area (Å²) in [6, 6.07) is 14.9. The predicted molar refractivity (Wildman–Crippen MR) is 122 cm³/mol. The lowest BCUT2D eigenvalue weighted by molar-refractivity contribution is 0.0703. The maximum absolute atomic E-state index is 12.9. The molecule has 2 N–H and O–H groups in total. The minimum atomic E-state index is -4.17. The van der Waals surface area contributed by atoms with Gasteiger partial charge in [-0.3, -0.25) is 4.72 Å². The molecule has 0 saturated heterocycles. The van der Waals surface area contributed by atoms with E-state index in [-0.39, 0.29) is 26.0 Å². The van der Waals surface area contributed by atoms with Gasteiger partial charge in [0.15, 0.2) is 0 Å². The molecule has 0 aliphatic rings. The molecule has 0 amide bonds. The van der Waals surface area contributed by atoms with E-state index in [0.717, 1.165) is 28.9 Å². The number of benzene rings is 2. The molecular formula is C22H19ClN2O4S2. The normalized spacial score (nSPS) is 11.3. The standard InChI is InChI=1S/C22H19ClN2O4S2/c1-13(2)9-15-5-3-4-6-16(15)19-11-18(21(30-19)22(26)27)25-31(28,29)20-8-7-14(12-24)10-17(20)23/h3-8,10-11,13,25H,9H2,1-2H3,(H,26,27). The van der Waals surface area contributed by atoms with E-state index in [0.29, 0.717) is 10.8 Å². The number of halogens is 1. The van der Waals surface area contributed by atoms with Crippen molar-refractivity contribution >= 4 is 44.6 Å². The second-order valence-corrected chi connectivity index (χ2v) is 10.4. The maximum Gasteiger partial charge on any atom is 0.348 e. The molecule has 9 heteroatoms. The Bertz CT molecular complexity index is 1290. The van der Waals surface area contributed by atoms with Crippen molar-refractivity contribution in [3.05, 3.63) is 69.6 Å². The Kier molecular flexibility index (Phi) is 6.70. The molecule has 0 bridgehead atoms. The molecule has 1 heterocycles. The Morgan fingerprint density at radius 3 is 2.55 bits per heavy atom. The summed E-state index contributed by atoms with van der Waals surface area (Å²) < 4.78 is 28.1. The van der Waals surface area contributed by atoms with Crippen molar-refractivity contribution in [2.75, 3.05) is 4.72 Å². The van der Waals surface area contributed by atoms with E-state index in [2.05, 4.69) is 18.6 Å². The molecule has 6 nitrogen and oxygen atoms in total. The number of thiophene rings is 1. The van der Waals surface area contributed by atoms with Crippen LogP contribution in [-0.2, 0) is 16.4 Å². The van der Waals surface area contributed by atoms with E-state index in [1.165, 1.54) is 24.3 Å². The molecule has 0 fully saturated rings. The van der Waals surface area contributed by atoms with Crippen molar-refractivity contribution in [1.82, 2.24) is 0 Å². The third-order valence-electron chi connectivity index (χ3n) is 4.43. The number of nitrogens with one attached hydrogen (secondary N) is 1. The van der Waals surface area contributed by atoms with E-state index in [1.807, 2.05) is 30.3 Å². The first-order chi connectivity index (χ1) is 14.6. The Labute approximate surface area is 189 Å². The van der Waals surface area contributed by atoms with Gasteiger partial charge >= 0.3 is 5.97 Å². The van der Waals surface area contributed by atoms with Crippen molar-refractivity contribution in [2.24, 2.45) is 5.92 Å². The monoisotopic (exact) mass is 474 g/mol. The molecule has 0 saturated carbocycles. The van der Waals surface area contributed by atoms with Gasteiger partial charge in [-0.15, -0.1) is 11.3 Å². The minimum absolute atomic E-state index is 0.0349. The summed E-state index contributed by atoms with van der Waals surface area (Å²) in [5, 5.41) is 18.5. The first kappa shape index (κ1) is 22.8. The second kappa shape index (κ2) is 9.10. The van der Waals surface area contributed by atoms with Crippen LogP contribution in [0.25, 0.3) is 10.4 Å². The molecule has 3 aromatic rings. The van der Waals surface area contributed by atoms with E-state index >= 15 is 0 Å². The number of hydrogen-bond donors (Lipinski definition) is 2. The van der Waals surface area contributed by atoms with Crippen LogP contribution in [0.2, 0.25) is 5.02 Å².